The maximum atomic E-state index is 8.84. The summed E-state index contributed by atoms with van der Waals surface area (Å²) < 4.78 is 6.01. The first-order valence-corrected chi connectivity index (χ1v) is 10.3. The summed E-state index contributed by atoms with van der Waals surface area (Å²) in [5.74, 6) is 0.626. The van der Waals surface area contributed by atoms with Crippen molar-refractivity contribution in [2.75, 3.05) is 25.0 Å². The maximum absolute atomic E-state index is 8.84. The molecule has 3 N–H and O–H groups in total. The van der Waals surface area contributed by atoms with Gasteiger partial charge in [0.25, 0.3) is 0 Å². The number of H-pyrrole nitrogens is 1. The molecule has 1 aromatic carbocycles. The average molecular weight is 417 g/mol. The number of hydrogen-bond acceptors (Lipinski definition) is 6. The lowest BCUT2D eigenvalue weighted by atomic mass is 10.1. The second kappa shape index (κ2) is 11.0. The lowest BCUT2D eigenvalue weighted by Gasteiger charge is -2.27. The number of allylic oxidation sites excluding steroid dienone is 1. The molecular formula is C24H28N6O. The molecule has 0 bridgehead atoms. The van der Waals surface area contributed by atoms with Crippen LogP contribution in [0.5, 0.6) is 5.88 Å². The molecule has 0 saturated carbocycles. The first-order valence-electron chi connectivity index (χ1n) is 10.3. The van der Waals surface area contributed by atoms with E-state index >= 15 is 0 Å². The third-order valence-corrected chi connectivity index (χ3v) is 4.70. The molecule has 3 heterocycles. The van der Waals surface area contributed by atoms with Crippen LogP contribution >= 0.6 is 0 Å². The molecule has 4 rings (SSSR count). The number of aryl methyl sites for hydroxylation is 1. The summed E-state index contributed by atoms with van der Waals surface area (Å²) in [7, 11) is 0. The zero-order valence-corrected chi connectivity index (χ0v) is 18.0. The Bertz CT molecular complexity index is 1030. The predicted molar refractivity (Wildman–Crippen MR) is 123 cm³/mol. The Morgan fingerprint density at radius 3 is 2.77 bits per heavy atom. The van der Waals surface area contributed by atoms with Gasteiger partial charge in [0.1, 0.15) is 6.10 Å². The van der Waals surface area contributed by atoms with Crippen molar-refractivity contribution in [3.63, 3.8) is 0 Å². The minimum Gasteiger partial charge on any atom is -0.470 e. The van der Waals surface area contributed by atoms with Crippen LogP contribution in [0.3, 0.4) is 0 Å². The zero-order valence-electron chi connectivity index (χ0n) is 18.0. The van der Waals surface area contributed by atoms with E-state index in [9.17, 15) is 0 Å². The lowest BCUT2D eigenvalue weighted by Crippen LogP contribution is -2.40. The summed E-state index contributed by atoms with van der Waals surface area (Å²) >= 11 is 0. The number of rotatable bonds is 6. The van der Waals surface area contributed by atoms with E-state index in [1.165, 1.54) is 5.56 Å². The molecule has 1 aliphatic rings. The summed E-state index contributed by atoms with van der Waals surface area (Å²) in [5, 5.41) is 22.9. The largest absolute Gasteiger partial charge is 0.470 e. The van der Waals surface area contributed by atoms with E-state index in [1.54, 1.807) is 12.3 Å². The van der Waals surface area contributed by atoms with Crippen LogP contribution in [0.2, 0.25) is 0 Å². The minimum atomic E-state index is 0.0273. The number of pyridine rings is 1. The number of anilines is 1. The minimum absolute atomic E-state index is 0.0273. The van der Waals surface area contributed by atoms with Gasteiger partial charge >= 0.3 is 0 Å². The number of nitrogens with one attached hydrogen (secondary N) is 3. The monoisotopic (exact) mass is 416 g/mol. The molecule has 1 unspecified atom stereocenters. The lowest BCUT2D eigenvalue weighted by molar-refractivity contribution is 0.194. The van der Waals surface area contributed by atoms with Crippen molar-refractivity contribution < 1.29 is 4.74 Å². The maximum Gasteiger partial charge on any atom is 0.237 e. The van der Waals surface area contributed by atoms with Gasteiger partial charge in [-0.2, -0.15) is 10.4 Å². The molecule has 0 saturated heterocycles. The van der Waals surface area contributed by atoms with E-state index in [4.69, 9.17) is 10.00 Å². The van der Waals surface area contributed by atoms with Crippen LogP contribution < -0.4 is 15.4 Å². The summed E-state index contributed by atoms with van der Waals surface area (Å²) in [4.78, 5) is 4.45. The molecule has 2 aromatic heterocycles. The van der Waals surface area contributed by atoms with Gasteiger partial charge in [-0.05, 0) is 56.6 Å². The van der Waals surface area contributed by atoms with Crippen LogP contribution in [0.15, 0.2) is 55.3 Å². The second-order valence-electron chi connectivity index (χ2n) is 7.30. The highest BCUT2D eigenvalue weighted by Gasteiger charge is 2.21. The fraction of sp³-hybridized carbons (Fsp3) is 0.292. The van der Waals surface area contributed by atoms with Gasteiger partial charge in [0.15, 0.2) is 0 Å². The van der Waals surface area contributed by atoms with Crippen molar-refractivity contribution in [3.05, 3.63) is 72.1 Å². The Hall–Kier alpha value is -3.63. The molecule has 7 nitrogen and oxygen atoms in total. The summed E-state index contributed by atoms with van der Waals surface area (Å²) in [6.45, 7) is 9.54. The van der Waals surface area contributed by atoms with E-state index in [0.29, 0.717) is 11.4 Å². The van der Waals surface area contributed by atoms with Crippen LogP contribution in [0, 0.1) is 18.3 Å². The molecule has 0 fully saturated rings. The number of benzene rings is 1. The third-order valence-electron chi connectivity index (χ3n) is 4.70. The van der Waals surface area contributed by atoms with Gasteiger partial charge < -0.3 is 15.4 Å². The van der Waals surface area contributed by atoms with Crippen LogP contribution in [0.1, 0.15) is 23.7 Å². The van der Waals surface area contributed by atoms with E-state index in [2.05, 4.69) is 38.5 Å². The van der Waals surface area contributed by atoms with Crippen molar-refractivity contribution >= 4 is 5.69 Å². The van der Waals surface area contributed by atoms with Crippen LogP contribution in [0.25, 0.3) is 11.3 Å². The predicted octanol–water partition coefficient (Wildman–Crippen LogP) is 3.85. The fourth-order valence-corrected chi connectivity index (χ4v) is 3.16. The Balaban J connectivity index is 0.000000858. The van der Waals surface area contributed by atoms with Gasteiger partial charge in [0.2, 0.25) is 5.88 Å². The van der Waals surface area contributed by atoms with E-state index in [0.717, 1.165) is 48.7 Å². The number of hydrogen-bond donors (Lipinski definition) is 3. The van der Waals surface area contributed by atoms with Crippen LogP contribution in [0.4, 0.5) is 5.69 Å². The number of ether oxygens (including phenoxy) is 1. The average Bonchev–Trinajstić information content (AvgIpc) is 3.23. The number of nitriles is 1. The highest BCUT2D eigenvalue weighted by atomic mass is 16.5. The SMILES string of the molecule is C=CC.Cc1cc(-c2cnc3c(c2)NCC(CNCCc2ccc(C#N)cc2)O3)n[nH]1. The van der Waals surface area contributed by atoms with Crippen molar-refractivity contribution in [3.8, 4) is 23.2 Å². The molecule has 0 amide bonds. The topological polar surface area (TPSA) is 98.7 Å². The summed E-state index contributed by atoms with van der Waals surface area (Å²) in [6, 6.07) is 13.8. The number of fused-ring (bicyclic) bond motifs is 1. The molecule has 3 aromatic rings. The van der Waals surface area contributed by atoms with Crippen molar-refractivity contribution in [1.29, 1.82) is 5.26 Å². The van der Waals surface area contributed by atoms with E-state index in [1.807, 2.05) is 50.2 Å². The van der Waals surface area contributed by atoms with E-state index in [-0.39, 0.29) is 6.10 Å². The van der Waals surface area contributed by atoms with Gasteiger partial charge in [-0.25, -0.2) is 4.98 Å². The van der Waals surface area contributed by atoms with Gasteiger partial charge in [-0.15, -0.1) is 6.58 Å². The summed E-state index contributed by atoms with van der Waals surface area (Å²) in [5.41, 5.74) is 5.65. The van der Waals surface area contributed by atoms with Crippen LogP contribution in [-0.4, -0.2) is 40.9 Å². The van der Waals surface area contributed by atoms with Gasteiger partial charge in [-0.3, -0.25) is 5.10 Å². The molecule has 7 heteroatoms. The van der Waals surface area contributed by atoms with Gasteiger partial charge in [0.05, 0.1) is 29.6 Å². The van der Waals surface area contributed by atoms with Crippen molar-refractivity contribution in [2.45, 2.75) is 26.4 Å². The Morgan fingerprint density at radius 2 is 2.10 bits per heavy atom. The highest BCUT2D eigenvalue weighted by Crippen LogP contribution is 2.30. The van der Waals surface area contributed by atoms with Crippen molar-refractivity contribution in [1.82, 2.24) is 20.5 Å². The number of aromatic amines is 1. The third kappa shape index (κ3) is 6.17. The van der Waals surface area contributed by atoms with Gasteiger partial charge in [0, 0.05) is 24.0 Å². The fourth-order valence-electron chi connectivity index (χ4n) is 3.16. The number of aromatic nitrogens is 3. The van der Waals surface area contributed by atoms with Crippen LogP contribution in [-0.2, 0) is 6.42 Å². The number of nitrogens with zero attached hydrogens (tertiary/aromatic N) is 3. The first-order chi connectivity index (χ1) is 15.1. The highest BCUT2D eigenvalue weighted by molar-refractivity contribution is 5.67. The zero-order chi connectivity index (χ0) is 22.1. The molecule has 160 valence electrons. The molecule has 1 aliphatic heterocycles. The van der Waals surface area contributed by atoms with E-state index < -0.39 is 0 Å². The quantitative estimate of drug-likeness (QED) is 0.417. The molecule has 1 atom stereocenters. The Morgan fingerprint density at radius 1 is 1.32 bits per heavy atom. The molecule has 0 spiro atoms. The molecular weight excluding hydrogens is 388 g/mol. The Kier molecular flexibility index (Phi) is 7.79. The normalized spacial score (nSPS) is 14.2. The van der Waals surface area contributed by atoms with Gasteiger partial charge in [-0.1, -0.05) is 18.2 Å². The second-order valence-corrected chi connectivity index (χ2v) is 7.30. The smallest absolute Gasteiger partial charge is 0.237 e. The standard InChI is InChI=1S/C21H22N6O.C3H6/c1-14-8-19(27-26-14)17-9-20-21(25-11-17)28-18(13-24-20)12-23-7-6-15-2-4-16(10-22)5-3-15;1-3-2/h2-5,8-9,11,18,23-24H,6-7,12-13H2,1H3,(H,26,27);3H,1H2,2H3. The first kappa shape index (κ1) is 22.1. The van der Waals surface area contributed by atoms with Crippen molar-refractivity contribution in [2.24, 2.45) is 0 Å². The Labute approximate surface area is 183 Å². The molecule has 0 aliphatic carbocycles. The summed E-state index contributed by atoms with van der Waals surface area (Å²) in [6.07, 6.45) is 4.48. The molecule has 31 heavy (non-hydrogen) atoms. The molecule has 0 radical (unpaired) electrons.